The monoisotopic (exact) mass is 274 g/mol. The quantitative estimate of drug-likeness (QED) is 0.868. The Morgan fingerprint density at radius 3 is 2.90 bits per heavy atom. The van der Waals surface area contributed by atoms with Crippen LogP contribution in [0.3, 0.4) is 0 Å². The van der Waals surface area contributed by atoms with Crippen LogP contribution in [0.1, 0.15) is 43.2 Å². The van der Waals surface area contributed by atoms with Crippen LogP contribution >= 0.6 is 0 Å². The van der Waals surface area contributed by atoms with Crippen molar-refractivity contribution >= 4 is 0 Å². The molecule has 0 aliphatic heterocycles. The topological polar surface area (TPSA) is 20.2 Å². The molecular weight excluding hydrogens is 251 g/mol. The summed E-state index contributed by atoms with van der Waals surface area (Å²) in [5, 5.41) is 11.2. The molecule has 20 heavy (non-hydrogen) atoms. The van der Waals surface area contributed by atoms with Crippen molar-refractivity contribution in [3.63, 3.8) is 0 Å². The van der Waals surface area contributed by atoms with Crippen LogP contribution in [0.2, 0.25) is 0 Å². The molecule has 2 heteroatoms. The van der Waals surface area contributed by atoms with Crippen LogP contribution in [-0.4, -0.2) is 10.7 Å². The molecule has 0 spiro atoms. The smallest absolute Gasteiger partial charge is 0.123 e. The number of benzene rings is 1. The van der Waals surface area contributed by atoms with E-state index in [1.54, 1.807) is 6.07 Å². The van der Waals surface area contributed by atoms with Gasteiger partial charge in [-0.15, -0.1) is 0 Å². The van der Waals surface area contributed by atoms with Gasteiger partial charge in [-0.3, -0.25) is 0 Å². The summed E-state index contributed by atoms with van der Waals surface area (Å²) >= 11 is 0. The average molecular weight is 274 g/mol. The van der Waals surface area contributed by atoms with Gasteiger partial charge in [0.15, 0.2) is 0 Å². The number of hydrogen-bond donors (Lipinski definition) is 1. The minimum atomic E-state index is -0.529. The molecule has 5 atom stereocenters. The van der Waals surface area contributed by atoms with Crippen LogP contribution < -0.4 is 0 Å². The van der Waals surface area contributed by atoms with Gasteiger partial charge in [0.25, 0.3) is 0 Å². The SMILES string of the molecule is Cc1cc(F)ccc1CC1(O)CC2CC1C1CCCC21. The third-order valence-electron chi connectivity index (χ3n) is 6.41. The predicted molar refractivity (Wildman–Crippen MR) is 76.8 cm³/mol. The number of hydrogen-bond acceptors (Lipinski definition) is 1. The van der Waals surface area contributed by atoms with Crippen LogP contribution in [-0.2, 0) is 6.42 Å². The molecule has 0 saturated heterocycles. The predicted octanol–water partition coefficient (Wildman–Crippen LogP) is 3.86. The molecule has 1 aromatic rings. The van der Waals surface area contributed by atoms with Crippen molar-refractivity contribution in [1.29, 1.82) is 0 Å². The first-order valence-corrected chi connectivity index (χ1v) is 8.04. The molecule has 1 nitrogen and oxygen atoms in total. The van der Waals surface area contributed by atoms with Gasteiger partial charge in [0.1, 0.15) is 5.82 Å². The number of aliphatic hydroxyl groups is 1. The Morgan fingerprint density at radius 1 is 1.30 bits per heavy atom. The largest absolute Gasteiger partial charge is 0.389 e. The minimum absolute atomic E-state index is 0.179. The van der Waals surface area contributed by atoms with Crippen molar-refractivity contribution in [2.75, 3.05) is 0 Å². The fourth-order valence-corrected chi connectivity index (χ4v) is 5.63. The summed E-state index contributed by atoms with van der Waals surface area (Å²) < 4.78 is 13.2. The summed E-state index contributed by atoms with van der Waals surface area (Å²) in [6.45, 7) is 1.95. The number of rotatable bonds is 2. The molecule has 1 aromatic carbocycles. The molecule has 3 fully saturated rings. The molecule has 0 radical (unpaired) electrons. The van der Waals surface area contributed by atoms with E-state index in [-0.39, 0.29) is 5.82 Å². The molecule has 108 valence electrons. The maximum atomic E-state index is 13.2. The molecule has 1 N–H and O–H groups in total. The molecular formula is C18H23FO. The number of fused-ring (bicyclic) bond motifs is 5. The summed E-state index contributed by atoms with van der Waals surface area (Å²) in [5.41, 5.74) is 1.57. The summed E-state index contributed by atoms with van der Waals surface area (Å²) in [7, 11) is 0. The first-order chi connectivity index (χ1) is 9.57. The highest BCUT2D eigenvalue weighted by Gasteiger charge is 2.60. The number of halogens is 1. The van der Waals surface area contributed by atoms with Crippen LogP contribution in [0.25, 0.3) is 0 Å². The molecule has 0 aromatic heterocycles. The Balaban J connectivity index is 1.60. The summed E-state index contributed by atoms with van der Waals surface area (Å²) in [6, 6.07) is 4.97. The van der Waals surface area contributed by atoms with E-state index in [4.69, 9.17) is 0 Å². The second kappa shape index (κ2) is 4.30. The second-order valence-electron chi connectivity index (χ2n) is 7.42. The van der Waals surface area contributed by atoms with Crippen molar-refractivity contribution in [3.8, 4) is 0 Å². The van der Waals surface area contributed by atoms with Crippen molar-refractivity contribution in [2.24, 2.45) is 23.7 Å². The van der Waals surface area contributed by atoms with E-state index in [0.29, 0.717) is 12.3 Å². The van der Waals surface area contributed by atoms with Gasteiger partial charge >= 0.3 is 0 Å². The van der Waals surface area contributed by atoms with Gasteiger partial charge in [0.05, 0.1) is 5.60 Å². The molecule has 0 amide bonds. The highest BCUT2D eigenvalue weighted by atomic mass is 19.1. The average Bonchev–Trinajstić information content (AvgIpc) is 3.03. The lowest BCUT2D eigenvalue weighted by molar-refractivity contribution is -0.0451. The minimum Gasteiger partial charge on any atom is -0.389 e. The molecule has 3 aliphatic carbocycles. The molecule has 2 bridgehead atoms. The Morgan fingerprint density at radius 2 is 2.10 bits per heavy atom. The van der Waals surface area contributed by atoms with Crippen LogP contribution in [0.15, 0.2) is 18.2 Å². The first-order valence-electron chi connectivity index (χ1n) is 8.04. The van der Waals surface area contributed by atoms with E-state index >= 15 is 0 Å². The third-order valence-corrected chi connectivity index (χ3v) is 6.41. The van der Waals surface area contributed by atoms with Gasteiger partial charge < -0.3 is 5.11 Å². The van der Waals surface area contributed by atoms with Gasteiger partial charge in [-0.2, -0.15) is 0 Å². The molecule has 3 saturated carbocycles. The summed E-state index contributed by atoms with van der Waals surface area (Å²) in [4.78, 5) is 0. The van der Waals surface area contributed by atoms with E-state index < -0.39 is 5.60 Å². The molecule has 5 unspecified atom stereocenters. The zero-order chi connectivity index (χ0) is 13.9. The normalized spacial score (nSPS) is 42.1. The zero-order valence-corrected chi connectivity index (χ0v) is 12.1. The second-order valence-corrected chi connectivity index (χ2v) is 7.42. The summed E-state index contributed by atoms with van der Waals surface area (Å²) in [5.74, 6) is 2.72. The van der Waals surface area contributed by atoms with E-state index in [2.05, 4.69) is 0 Å². The van der Waals surface area contributed by atoms with E-state index in [0.717, 1.165) is 35.3 Å². The van der Waals surface area contributed by atoms with Gasteiger partial charge in [0, 0.05) is 6.42 Å². The van der Waals surface area contributed by atoms with E-state index in [9.17, 15) is 9.50 Å². The van der Waals surface area contributed by atoms with Crippen molar-refractivity contribution in [1.82, 2.24) is 0 Å². The van der Waals surface area contributed by atoms with Crippen LogP contribution in [0.5, 0.6) is 0 Å². The van der Waals surface area contributed by atoms with Gasteiger partial charge in [0.2, 0.25) is 0 Å². The van der Waals surface area contributed by atoms with Crippen molar-refractivity contribution < 1.29 is 9.50 Å². The lowest BCUT2D eigenvalue weighted by atomic mass is 9.70. The Hall–Kier alpha value is -0.890. The van der Waals surface area contributed by atoms with Gasteiger partial charge in [-0.25, -0.2) is 4.39 Å². The Labute approximate surface area is 120 Å². The highest BCUT2D eigenvalue weighted by Crippen LogP contribution is 2.62. The molecule has 4 rings (SSSR count). The zero-order valence-electron chi connectivity index (χ0n) is 12.1. The maximum Gasteiger partial charge on any atom is 0.123 e. The first kappa shape index (κ1) is 12.8. The fraction of sp³-hybridized carbons (Fsp3) is 0.667. The highest BCUT2D eigenvalue weighted by molar-refractivity contribution is 5.29. The molecule has 3 aliphatic rings. The fourth-order valence-electron chi connectivity index (χ4n) is 5.63. The van der Waals surface area contributed by atoms with Gasteiger partial charge in [-0.1, -0.05) is 12.5 Å². The lowest BCUT2D eigenvalue weighted by Crippen LogP contribution is -2.43. The van der Waals surface area contributed by atoms with Crippen molar-refractivity contribution in [3.05, 3.63) is 35.1 Å². The van der Waals surface area contributed by atoms with Crippen molar-refractivity contribution in [2.45, 2.75) is 51.0 Å². The number of aryl methyl sites for hydroxylation is 1. The molecule has 0 heterocycles. The van der Waals surface area contributed by atoms with Crippen LogP contribution in [0.4, 0.5) is 4.39 Å². The Kier molecular flexibility index (Phi) is 2.76. The third kappa shape index (κ3) is 1.77. The Bertz CT molecular complexity index is 540. The maximum absolute atomic E-state index is 13.2. The van der Waals surface area contributed by atoms with Crippen LogP contribution in [0, 0.1) is 36.4 Å². The standard InChI is InChI=1S/C18H23FO/c1-11-7-14(19)6-5-12(11)9-18(20)10-13-8-17(18)16-4-2-3-15(13)16/h5-7,13,15-17,20H,2-4,8-10H2,1H3. The lowest BCUT2D eigenvalue weighted by Gasteiger charge is -2.39. The van der Waals surface area contributed by atoms with E-state index in [1.165, 1.54) is 31.7 Å². The summed E-state index contributed by atoms with van der Waals surface area (Å²) in [6.07, 6.45) is 6.97. The van der Waals surface area contributed by atoms with E-state index in [1.807, 2.05) is 13.0 Å². The van der Waals surface area contributed by atoms with Gasteiger partial charge in [-0.05, 0) is 79.5 Å².